The van der Waals surface area contributed by atoms with Crippen LogP contribution in [0.25, 0.3) is 0 Å². The van der Waals surface area contributed by atoms with Crippen molar-refractivity contribution in [3.63, 3.8) is 0 Å². The van der Waals surface area contributed by atoms with Crippen molar-refractivity contribution in [3.05, 3.63) is 30.1 Å². The van der Waals surface area contributed by atoms with E-state index in [0.717, 1.165) is 48.2 Å². The minimum Gasteiger partial charge on any atom is -0.411 e. The van der Waals surface area contributed by atoms with E-state index in [1.165, 1.54) is 6.21 Å². The number of hydrogen-bond acceptors (Lipinski definition) is 5. The van der Waals surface area contributed by atoms with Crippen molar-refractivity contribution < 1.29 is 24.2 Å². The maximum Gasteiger partial charge on any atom is 0.257 e. The molecule has 3 aliphatic heterocycles. The van der Waals surface area contributed by atoms with Gasteiger partial charge in [-0.05, 0) is 0 Å². The molecule has 2 bridgehead atoms. The molecule has 0 saturated carbocycles. The number of fused-ring (bicyclic) bond motifs is 3. The predicted octanol–water partition coefficient (Wildman–Crippen LogP) is 0.784. The largest absolute Gasteiger partial charge is 0.411 e. The third-order valence-corrected chi connectivity index (χ3v) is 4.73. The number of piperidine rings is 3. The highest BCUT2D eigenvalue weighted by Gasteiger charge is 2.44. The van der Waals surface area contributed by atoms with Crippen molar-refractivity contribution in [2.24, 2.45) is 16.2 Å². The van der Waals surface area contributed by atoms with Crippen molar-refractivity contribution >= 4 is 11.9 Å². The Morgan fingerprint density at radius 2 is 2.00 bits per heavy atom. The van der Waals surface area contributed by atoms with Gasteiger partial charge in [-0.1, -0.05) is 10.3 Å². The summed E-state index contributed by atoms with van der Waals surface area (Å²) in [5.74, 6) is 0.472. The second kappa shape index (κ2) is 6.41. The Hall–Kier alpha value is -1.99. The Bertz CT molecular complexity index is 563. The molecule has 3 aliphatic rings. The molecule has 0 aliphatic carbocycles. The fourth-order valence-electron chi connectivity index (χ4n) is 3.42. The van der Waals surface area contributed by atoms with E-state index >= 15 is 0 Å². The lowest BCUT2D eigenvalue weighted by Crippen LogP contribution is -2.63. The van der Waals surface area contributed by atoms with Crippen LogP contribution in [0.2, 0.25) is 0 Å². The zero-order valence-electron chi connectivity index (χ0n) is 12.5. The molecule has 3 saturated heterocycles. The summed E-state index contributed by atoms with van der Waals surface area (Å²) in [6.45, 7) is 4.11. The molecule has 1 aromatic heterocycles. The van der Waals surface area contributed by atoms with Crippen molar-refractivity contribution in [1.29, 1.82) is 0 Å². The number of oxime groups is 2. The molecule has 7 heteroatoms. The Balaban J connectivity index is 1.54. The van der Waals surface area contributed by atoms with E-state index in [9.17, 15) is 0 Å². The van der Waals surface area contributed by atoms with Gasteiger partial charge in [-0.2, -0.15) is 4.57 Å². The van der Waals surface area contributed by atoms with E-state index in [1.54, 1.807) is 0 Å². The summed E-state index contributed by atoms with van der Waals surface area (Å²) >= 11 is 0. The first kappa shape index (κ1) is 14.9. The van der Waals surface area contributed by atoms with Crippen LogP contribution < -0.4 is 4.57 Å². The normalized spacial score (nSPS) is 29.5. The average Bonchev–Trinajstić information content (AvgIpc) is 2.57. The molecule has 0 atom stereocenters. The molecule has 0 spiro atoms. The van der Waals surface area contributed by atoms with Gasteiger partial charge in [0.2, 0.25) is 0 Å². The van der Waals surface area contributed by atoms with Crippen molar-refractivity contribution in [1.82, 2.24) is 0 Å². The lowest BCUT2D eigenvalue weighted by atomic mass is 9.84. The summed E-state index contributed by atoms with van der Waals surface area (Å²) in [4.78, 5) is 0. The number of rotatable bonds is 5. The highest BCUT2D eigenvalue weighted by atomic mass is 16.5. The molecular weight excluding hydrogens is 284 g/mol. The zero-order chi connectivity index (χ0) is 15.4. The topological polar surface area (TPSA) is 78.3 Å². The molecule has 0 unspecified atom stereocenters. The number of aromatic nitrogens is 1. The van der Waals surface area contributed by atoms with Crippen LogP contribution in [0.1, 0.15) is 18.4 Å². The van der Waals surface area contributed by atoms with Crippen LogP contribution in [0.4, 0.5) is 0 Å². The number of nitrogens with zero attached hydrogens (tertiary/aromatic N) is 4. The van der Waals surface area contributed by atoms with Gasteiger partial charge in [-0.25, -0.2) is 0 Å². The quantitative estimate of drug-likeness (QED) is 0.277. The first-order chi connectivity index (χ1) is 10.7. The van der Waals surface area contributed by atoms with E-state index in [2.05, 4.69) is 10.3 Å². The Morgan fingerprint density at radius 1 is 1.27 bits per heavy atom. The highest BCUT2D eigenvalue weighted by molar-refractivity contribution is 5.88. The van der Waals surface area contributed by atoms with Crippen molar-refractivity contribution in [2.45, 2.75) is 19.6 Å². The molecule has 7 nitrogen and oxygen atoms in total. The summed E-state index contributed by atoms with van der Waals surface area (Å²) < 4.78 is 8.69. The third-order valence-electron chi connectivity index (χ3n) is 4.73. The predicted molar refractivity (Wildman–Crippen MR) is 78.8 cm³/mol. The van der Waals surface area contributed by atoms with Crippen LogP contribution >= 0.6 is 0 Å². The van der Waals surface area contributed by atoms with Crippen LogP contribution in [0.5, 0.6) is 0 Å². The van der Waals surface area contributed by atoms with Gasteiger partial charge in [-0.15, -0.1) is 0 Å². The second-order valence-electron chi connectivity index (χ2n) is 6.17. The summed E-state index contributed by atoms with van der Waals surface area (Å²) in [5, 5.41) is 24.1. The number of hydrogen-bond donors (Lipinski definition) is 2. The van der Waals surface area contributed by atoms with Gasteiger partial charge in [0.1, 0.15) is 12.3 Å². The molecule has 0 radical (unpaired) electrons. The Kier molecular flexibility index (Phi) is 4.35. The molecular formula is C15H22N4O3+2. The number of quaternary nitrogens is 1. The monoisotopic (exact) mass is 306 g/mol. The molecule has 22 heavy (non-hydrogen) atoms. The molecule has 2 N–H and O–H groups in total. The number of pyridine rings is 1. The van der Waals surface area contributed by atoms with Gasteiger partial charge in [0.25, 0.3) is 6.73 Å². The first-order valence-electron chi connectivity index (χ1n) is 7.55. The Morgan fingerprint density at radius 3 is 2.64 bits per heavy atom. The molecule has 1 aromatic rings. The maximum absolute atomic E-state index is 9.11. The van der Waals surface area contributed by atoms with E-state index in [4.69, 9.17) is 15.2 Å². The van der Waals surface area contributed by atoms with Crippen molar-refractivity contribution in [2.75, 3.05) is 26.4 Å². The van der Waals surface area contributed by atoms with E-state index in [-0.39, 0.29) is 0 Å². The molecule has 118 valence electrons. The van der Waals surface area contributed by atoms with Crippen LogP contribution in [0.15, 0.2) is 34.8 Å². The lowest BCUT2D eigenvalue weighted by Gasteiger charge is -2.48. The van der Waals surface area contributed by atoms with E-state index < -0.39 is 0 Å². The van der Waals surface area contributed by atoms with Gasteiger partial charge in [-0.3, -0.25) is 9.22 Å². The highest BCUT2D eigenvalue weighted by Crippen LogP contribution is 2.31. The zero-order valence-corrected chi connectivity index (χ0v) is 12.5. The van der Waals surface area contributed by atoms with Crippen LogP contribution in [-0.2, 0) is 11.5 Å². The standard InChI is InChI=1S/C15H20N4O3/c20-16-9-13-1-5-18(6-2-13)11-22-12-19-7-3-14(4-8-19)15(10-19)17-21/h1-2,5-6,9,14H,3-4,7-8,10-12H2/p+2. The van der Waals surface area contributed by atoms with Gasteiger partial charge < -0.3 is 10.4 Å². The minimum atomic E-state index is 0.472. The van der Waals surface area contributed by atoms with Crippen LogP contribution in [-0.4, -0.2) is 53.2 Å². The minimum absolute atomic E-state index is 0.472. The first-order valence-corrected chi connectivity index (χ1v) is 7.55. The van der Waals surface area contributed by atoms with Gasteiger partial charge >= 0.3 is 0 Å². The maximum atomic E-state index is 9.11. The van der Waals surface area contributed by atoms with E-state index in [0.29, 0.717) is 19.4 Å². The second-order valence-corrected chi connectivity index (χ2v) is 6.17. The van der Waals surface area contributed by atoms with Gasteiger partial charge in [0, 0.05) is 36.5 Å². The molecule has 4 heterocycles. The van der Waals surface area contributed by atoms with E-state index in [1.807, 2.05) is 29.1 Å². The summed E-state index contributed by atoms with van der Waals surface area (Å²) in [7, 11) is 0. The fraction of sp³-hybridized carbons (Fsp3) is 0.533. The summed E-state index contributed by atoms with van der Waals surface area (Å²) in [6, 6.07) is 3.72. The SMILES string of the molecule is ON=Cc1cc[n+](COC[N+]23CCC(CC2)C(=NO)C3)cc1. The lowest BCUT2D eigenvalue weighted by molar-refractivity contribution is -0.954. The smallest absolute Gasteiger partial charge is 0.257 e. The molecule has 0 amide bonds. The fourth-order valence-corrected chi connectivity index (χ4v) is 3.42. The van der Waals surface area contributed by atoms with Crippen molar-refractivity contribution in [3.8, 4) is 0 Å². The van der Waals surface area contributed by atoms with Gasteiger partial charge in [0.15, 0.2) is 19.1 Å². The van der Waals surface area contributed by atoms with Gasteiger partial charge in [0.05, 0.1) is 19.3 Å². The van der Waals surface area contributed by atoms with Crippen LogP contribution in [0.3, 0.4) is 0 Å². The van der Waals surface area contributed by atoms with Crippen LogP contribution in [0, 0.1) is 5.92 Å². The molecule has 0 aromatic carbocycles. The molecule has 4 rings (SSSR count). The summed E-state index contributed by atoms with van der Waals surface area (Å²) in [6.07, 6.45) is 7.34. The summed E-state index contributed by atoms with van der Waals surface area (Å²) in [5.41, 5.74) is 1.77. The third kappa shape index (κ3) is 3.10. The Labute approximate surface area is 129 Å². The number of ether oxygens (including phenoxy) is 1. The average molecular weight is 306 g/mol. The molecule has 3 fully saturated rings.